The largest absolute Gasteiger partial charge is 0.494 e. The second-order valence-electron chi connectivity index (χ2n) is 9.16. The average Bonchev–Trinajstić information content (AvgIpc) is 3.27. The molecule has 3 aromatic rings. The zero-order chi connectivity index (χ0) is 22.5. The van der Waals surface area contributed by atoms with Crippen LogP contribution < -0.4 is 10.4 Å². The highest BCUT2D eigenvalue weighted by atomic mass is 32.2. The maximum Gasteiger partial charge on any atom is 0.494 e. The number of anilines is 1. The van der Waals surface area contributed by atoms with Gasteiger partial charge in [-0.3, -0.25) is 0 Å². The summed E-state index contributed by atoms with van der Waals surface area (Å²) >= 11 is 0.0842. The van der Waals surface area contributed by atoms with Gasteiger partial charge in [0.1, 0.15) is 11.5 Å². The van der Waals surface area contributed by atoms with Crippen molar-refractivity contribution in [3.05, 3.63) is 36.5 Å². The lowest BCUT2D eigenvalue weighted by Crippen LogP contribution is -2.41. The number of rotatable bonds is 4. The summed E-state index contributed by atoms with van der Waals surface area (Å²) in [4.78, 5) is 6.71. The zero-order valence-electron chi connectivity index (χ0n) is 18.7. The van der Waals surface area contributed by atoms with E-state index in [-0.39, 0.29) is 12.3 Å². The standard InChI is InChI=1S/C22H26BFN4O3S/c1-21(2)22(3,4)31-23(30-21)16-5-6-18-17(14-16)20(26-28(18)32-24)15-7-8-25-19(13-15)27-9-11-29-12-10-27/h5-8,13-14H,9-12H2,1-4H3. The molecule has 0 unspecified atom stereocenters. The van der Waals surface area contributed by atoms with E-state index < -0.39 is 18.3 Å². The van der Waals surface area contributed by atoms with Gasteiger partial charge in [-0.05, 0) is 51.4 Å². The van der Waals surface area contributed by atoms with Crippen LogP contribution in [0.2, 0.25) is 0 Å². The zero-order valence-corrected chi connectivity index (χ0v) is 19.5. The van der Waals surface area contributed by atoms with E-state index in [9.17, 15) is 3.89 Å². The molecule has 2 aliphatic heterocycles. The lowest BCUT2D eigenvalue weighted by molar-refractivity contribution is 0.00578. The van der Waals surface area contributed by atoms with E-state index in [2.05, 4.69) is 15.0 Å². The van der Waals surface area contributed by atoms with Crippen LogP contribution in [0.4, 0.5) is 9.70 Å². The molecule has 7 nitrogen and oxygen atoms in total. The molecule has 0 aliphatic carbocycles. The van der Waals surface area contributed by atoms with Crippen LogP contribution in [-0.4, -0.2) is 58.8 Å². The Labute approximate surface area is 191 Å². The average molecular weight is 456 g/mol. The lowest BCUT2D eigenvalue weighted by atomic mass is 9.78. The summed E-state index contributed by atoms with van der Waals surface area (Å²) in [5.41, 5.74) is 2.27. The molecule has 2 saturated heterocycles. The topological polar surface area (TPSA) is 61.6 Å². The maximum atomic E-state index is 13.7. The number of ether oxygens (including phenoxy) is 1. The molecule has 0 saturated carbocycles. The van der Waals surface area contributed by atoms with Crippen molar-refractivity contribution in [1.82, 2.24) is 14.2 Å². The number of nitrogens with zero attached hydrogens (tertiary/aromatic N) is 4. The van der Waals surface area contributed by atoms with Crippen LogP contribution in [0.15, 0.2) is 36.5 Å². The predicted octanol–water partition coefficient (Wildman–Crippen LogP) is 3.61. The number of benzene rings is 1. The van der Waals surface area contributed by atoms with Gasteiger partial charge in [-0.1, -0.05) is 12.1 Å². The van der Waals surface area contributed by atoms with Gasteiger partial charge in [0.25, 0.3) is 0 Å². The molecule has 1 aromatic carbocycles. The van der Waals surface area contributed by atoms with Crippen molar-refractivity contribution in [2.75, 3.05) is 31.2 Å². The number of pyridine rings is 1. The Balaban J connectivity index is 1.56. The van der Waals surface area contributed by atoms with E-state index in [0.717, 1.165) is 35.3 Å². The van der Waals surface area contributed by atoms with Gasteiger partial charge >= 0.3 is 7.12 Å². The molecule has 168 valence electrons. The van der Waals surface area contributed by atoms with Gasteiger partial charge in [-0.25, -0.2) is 4.98 Å². The minimum Gasteiger partial charge on any atom is -0.399 e. The van der Waals surface area contributed by atoms with Crippen LogP contribution in [0.1, 0.15) is 27.7 Å². The van der Waals surface area contributed by atoms with E-state index in [1.54, 1.807) is 6.20 Å². The summed E-state index contributed by atoms with van der Waals surface area (Å²) in [5.74, 6) is 0.864. The fraction of sp³-hybridized carbons (Fsp3) is 0.455. The van der Waals surface area contributed by atoms with Gasteiger partial charge in [-0.2, -0.15) is 9.19 Å². The molecule has 2 fully saturated rings. The van der Waals surface area contributed by atoms with Crippen LogP contribution in [0, 0.1) is 0 Å². The molecule has 0 radical (unpaired) electrons. The Morgan fingerprint density at radius 1 is 1.03 bits per heavy atom. The Kier molecular flexibility index (Phi) is 5.44. The number of halogens is 1. The monoisotopic (exact) mass is 456 g/mol. The summed E-state index contributed by atoms with van der Waals surface area (Å²) in [6.07, 6.45) is 1.77. The molecule has 4 heterocycles. The SMILES string of the molecule is CC1(C)OB(c2ccc3c(c2)c(-c2ccnc(N4CCOCC4)c2)nn3SF)OC1(C)C. The van der Waals surface area contributed by atoms with E-state index in [1.165, 1.54) is 4.09 Å². The molecule has 0 spiro atoms. The van der Waals surface area contributed by atoms with Gasteiger partial charge in [-0.15, -0.1) is 3.89 Å². The number of hydrogen-bond acceptors (Lipinski definition) is 7. The number of hydrogen-bond donors (Lipinski definition) is 0. The first kappa shape index (κ1) is 21.7. The highest BCUT2D eigenvalue weighted by Gasteiger charge is 2.51. The van der Waals surface area contributed by atoms with Crippen molar-refractivity contribution in [2.45, 2.75) is 38.9 Å². The minimum absolute atomic E-state index is 0.0842. The summed E-state index contributed by atoms with van der Waals surface area (Å²) in [5, 5.41) is 5.38. The maximum absolute atomic E-state index is 13.7. The summed E-state index contributed by atoms with van der Waals surface area (Å²) in [6.45, 7) is 11.0. The molecule has 0 atom stereocenters. The molecule has 0 bridgehead atoms. The molecule has 32 heavy (non-hydrogen) atoms. The Morgan fingerprint density at radius 2 is 1.75 bits per heavy atom. The number of fused-ring (bicyclic) bond motifs is 1. The van der Waals surface area contributed by atoms with Crippen molar-refractivity contribution in [3.8, 4) is 11.3 Å². The quantitative estimate of drug-likeness (QED) is 0.556. The first-order valence-electron chi connectivity index (χ1n) is 10.8. The van der Waals surface area contributed by atoms with Crippen LogP contribution in [0.3, 0.4) is 0 Å². The first-order chi connectivity index (χ1) is 15.3. The third-order valence-electron chi connectivity index (χ3n) is 6.62. The predicted molar refractivity (Wildman–Crippen MR) is 126 cm³/mol. The molecule has 0 N–H and O–H groups in total. The van der Waals surface area contributed by atoms with Crippen LogP contribution in [0.25, 0.3) is 22.2 Å². The fourth-order valence-corrected chi connectivity index (χ4v) is 4.38. The van der Waals surface area contributed by atoms with E-state index in [0.29, 0.717) is 24.4 Å². The van der Waals surface area contributed by atoms with E-state index in [4.69, 9.17) is 14.0 Å². The van der Waals surface area contributed by atoms with Crippen LogP contribution >= 0.6 is 12.3 Å². The lowest BCUT2D eigenvalue weighted by Gasteiger charge is -2.32. The second-order valence-corrected chi connectivity index (χ2v) is 9.64. The van der Waals surface area contributed by atoms with E-state index in [1.807, 2.05) is 58.0 Å². The molecule has 10 heteroatoms. The highest BCUT2D eigenvalue weighted by molar-refractivity contribution is 7.92. The fourth-order valence-electron chi connectivity index (χ4n) is 4.03. The third kappa shape index (κ3) is 3.69. The Morgan fingerprint density at radius 3 is 2.44 bits per heavy atom. The van der Waals surface area contributed by atoms with Crippen molar-refractivity contribution in [3.63, 3.8) is 0 Å². The molecule has 2 aromatic heterocycles. The second kappa shape index (κ2) is 8.02. The smallest absolute Gasteiger partial charge is 0.399 e. The summed E-state index contributed by atoms with van der Waals surface area (Å²) in [7, 11) is -0.500. The highest BCUT2D eigenvalue weighted by Crippen LogP contribution is 2.37. The first-order valence-corrected chi connectivity index (χ1v) is 11.4. The van der Waals surface area contributed by atoms with Gasteiger partial charge < -0.3 is 18.9 Å². The normalized spacial score (nSPS) is 20.3. The van der Waals surface area contributed by atoms with Gasteiger partial charge in [0, 0.05) is 30.2 Å². The van der Waals surface area contributed by atoms with Gasteiger partial charge in [0.2, 0.25) is 0 Å². The molecule has 5 rings (SSSR count). The van der Waals surface area contributed by atoms with Crippen molar-refractivity contribution < 1.29 is 17.9 Å². The van der Waals surface area contributed by atoms with E-state index >= 15 is 0 Å². The summed E-state index contributed by atoms with van der Waals surface area (Å²) < 4.78 is 32.9. The van der Waals surface area contributed by atoms with Crippen molar-refractivity contribution in [2.24, 2.45) is 0 Å². The summed E-state index contributed by atoms with van der Waals surface area (Å²) in [6, 6.07) is 9.67. The Hall–Kier alpha value is -2.14. The molecule has 2 aliphatic rings. The molecular weight excluding hydrogens is 430 g/mol. The minimum atomic E-state index is -0.500. The molecule has 0 amide bonds. The third-order valence-corrected chi connectivity index (χ3v) is 7.03. The molecular formula is C22H26BFN4O3S. The van der Waals surface area contributed by atoms with Gasteiger partial charge in [0.15, 0.2) is 12.3 Å². The number of aromatic nitrogens is 3. The van der Waals surface area contributed by atoms with Crippen LogP contribution in [-0.2, 0) is 14.0 Å². The van der Waals surface area contributed by atoms with Gasteiger partial charge in [0.05, 0.1) is 29.9 Å². The van der Waals surface area contributed by atoms with Crippen molar-refractivity contribution in [1.29, 1.82) is 0 Å². The Bertz CT molecular complexity index is 1130. The number of morpholine rings is 1. The van der Waals surface area contributed by atoms with Crippen molar-refractivity contribution >= 4 is 41.6 Å². The van der Waals surface area contributed by atoms with Crippen LogP contribution in [0.5, 0.6) is 0 Å².